The number of nitrogens with one attached hydrogen (secondary N) is 1. The summed E-state index contributed by atoms with van der Waals surface area (Å²) in [4.78, 5) is 29.1. The third-order valence-electron chi connectivity index (χ3n) is 6.02. The van der Waals surface area contributed by atoms with Crippen LogP contribution >= 0.6 is 0 Å². The Morgan fingerprint density at radius 2 is 2.03 bits per heavy atom. The van der Waals surface area contributed by atoms with E-state index in [-0.39, 0.29) is 35.0 Å². The number of anilines is 1. The smallest absolute Gasteiger partial charge is 0.339 e. The van der Waals surface area contributed by atoms with Crippen LogP contribution in [0.1, 0.15) is 41.6 Å². The summed E-state index contributed by atoms with van der Waals surface area (Å²) < 4.78 is 20.8. The van der Waals surface area contributed by atoms with Crippen molar-refractivity contribution in [2.75, 3.05) is 5.32 Å². The molecule has 3 heterocycles. The van der Waals surface area contributed by atoms with Gasteiger partial charge in [-0.25, -0.2) is 13.9 Å². The molecular formula is C22H19FN4O4. The van der Waals surface area contributed by atoms with E-state index >= 15 is 0 Å². The Hall–Kier alpha value is -3.75. The maximum atomic E-state index is 14.0. The Labute approximate surface area is 176 Å². The molecule has 2 N–H and O–H groups in total. The van der Waals surface area contributed by atoms with Gasteiger partial charge in [-0.15, -0.1) is 5.10 Å². The molecule has 1 amide bonds. The van der Waals surface area contributed by atoms with Crippen LogP contribution in [0.15, 0.2) is 48.9 Å². The number of hydrogen-bond donors (Lipinski definition) is 2. The number of rotatable bonds is 3. The van der Waals surface area contributed by atoms with Gasteiger partial charge in [0, 0.05) is 23.9 Å². The first-order valence-corrected chi connectivity index (χ1v) is 9.99. The van der Waals surface area contributed by atoms with Crippen molar-refractivity contribution in [3.05, 3.63) is 65.9 Å². The molecule has 3 aromatic rings. The van der Waals surface area contributed by atoms with Gasteiger partial charge in [-0.2, -0.15) is 0 Å². The highest BCUT2D eigenvalue weighted by Crippen LogP contribution is 2.48. The maximum Gasteiger partial charge on any atom is 0.339 e. The zero-order valence-electron chi connectivity index (χ0n) is 16.4. The molecule has 2 aliphatic rings. The number of amides is 1. The first-order valence-electron chi connectivity index (χ1n) is 9.99. The molecule has 8 nitrogen and oxygen atoms in total. The van der Waals surface area contributed by atoms with E-state index in [0.29, 0.717) is 31.2 Å². The lowest BCUT2D eigenvalue weighted by molar-refractivity contribution is -0.122. The molecule has 1 aromatic carbocycles. The van der Waals surface area contributed by atoms with Crippen molar-refractivity contribution in [3.8, 4) is 11.4 Å². The number of carbonyl (C=O) groups excluding carboxylic acids is 2. The number of ether oxygens (including phenoxy) is 1. The molecule has 1 aliphatic carbocycles. The zero-order chi connectivity index (χ0) is 21.6. The quantitative estimate of drug-likeness (QED) is 0.628. The Balaban J connectivity index is 1.28. The highest BCUT2D eigenvalue weighted by molar-refractivity contribution is 5.95. The lowest BCUT2D eigenvalue weighted by Gasteiger charge is -2.35. The van der Waals surface area contributed by atoms with Crippen LogP contribution in [0.25, 0.3) is 5.69 Å². The fourth-order valence-electron chi connectivity index (χ4n) is 4.37. The minimum atomic E-state index is -0.730. The van der Waals surface area contributed by atoms with Crippen LogP contribution in [0.2, 0.25) is 0 Å². The number of aromatic hydroxyl groups is 1. The van der Waals surface area contributed by atoms with Crippen molar-refractivity contribution in [2.45, 2.75) is 31.3 Å². The van der Waals surface area contributed by atoms with Gasteiger partial charge >= 0.3 is 5.97 Å². The average Bonchev–Trinajstić information content (AvgIpc) is 3.26. The number of para-hydroxylation sites is 1. The first-order chi connectivity index (χ1) is 15.0. The molecule has 31 heavy (non-hydrogen) atoms. The van der Waals surface area contributed by atoms with E-state index in [1.165, 1.54) is 23.0 Å². The fourth-order valence-corrected chi connectivity index (χ4v) is 4.37. The van der Waals surface area contributed by atoms with Crippen molar-refractivity contribution in [1.29, 1.82) is 0 Å². The minimum Gasteiger partial charge on any atom is -0.503 e. The number of esters is 1. The third kappa shape index (κ3) is 3.22. The Kier molecular flexibility index (Phi) is 4.46. The molecule has 0 bridgehead atoms. The number of nitrogens with zero attached hydrogens (tertiary/aromatic N) is 3. The summed E-state index contributed by atoms with van der Waals surface area (Å²) in [5, 5.41) is 16.9. The van der Waals surface area contributed by atoms with E-state index in [9.17, 15) is 19.1 Å². The predicted molar refractivity (Wildman–Crippen MR) is 107 cm³/mol. The highest BCUT2D eigenvalue weighted by atomic mass is 19.1. The summed E-state index contributed by atoms with van der Waals surface area (Å²) in [6.45, 7) is 0. The maximum absolute atomic E-state index is 14.0. The Morgan fingerprint density at radius 1 is 1.26 bits per heavy atom. The fraction of sp³-hybridized carbons (Fsp3) is 0.273. The van der Waals surface area contributed by atoms with E-state index in [1.54, 1.807) is 30.6 Å². The van der Waals surface area contributed by atoms with E-state index in [2.05, 4.69) is 15.4 Å². The average molecular weight is 422 g/mol. The van der Waals surface area contributed by atoms with Crippen molar-refractivity contribution in [1.82, 2.24) is 14.8 Å². The monoisotopic (exact) mass is 422 g/mol. The first kappa shape index (κ1) is 19.2. The van der Waals surface area contributed by atoms with Crippen molar-refractivity contribution in [2.24, 2.45) is 5.92 Å². The third-order valence-corrected chi connectivity index (χ3v) is 6.02. The number of hydrogen-bond acceptors (Lipinski definition) is 6. The van der Waals surface area contributed by atoms with Crippen molar-refractivity contribution >= 4 is 17.7 Å². The number of benzene rings is 1. The normalized spacial score (nSPS) is 22.2. The van der Waals surface area contributed by atoms with Gasteiger partial charge in [-0.3, -0.25) is 9.78 Å². The van der Waals surface area contributed by atoms with Crippen LogP contribution in [0, 0.1) is 11.7 Å². The number of halogens is 1. The molecule has 5 rings (SSSR count). The summed E-state index contributed by atoms with van der Waals surface area (Å²) in [7, 11) is 0. The lowest BCUT2D eigenvalue weighted by atomic mass is 9.75. The second-order valence-electron chi connectivity index (χ2n) is 7.83. The minimum absolute atomic E-state index is 0.0321. The van der Waals surface area contributed by atoms with Crippen molar-refractivity contribution < 1.29 is 23.8 Å². The second-order valence-corrected chi connectivity index (χ2v) is 7.83. The molecule has 1 aliphatic heterocycles. The molecule has 1 saturated carbocycles. The van der Waals surface area contributed by atoms with Gasteiger partial charge in [0.25, 0.3) is 0 Å². The Morgan fingerprint density at radius 3 is 2.81 bits per heavy atom. The van der Waals surface area contributed by atoms with Gasteiger partial charge in [0.2, 0.25) is 5.91 Å². The van der Waals surface area contributed by atoms with E-state index in [1.807, 2.05) is 0 Å². The van der Waals surface area contributed by atoms with E-state index < -0.39 is 11.4 Å². The molecule has 1 spiro atoms. The van der Waals surface area contributed by atoms with Gasteiger partial charge in [0.05, 0.1) is 11.8 Å². The summed E-state index contributed by atoms with van der Waals surface area (Å²) in [5.41, 5.74) is 0.737. The molecule has 158 valence electrons. The lowest BCUT2D eigenvalue weighted by Crippen LogP contribution is -2.36. The molecule has 9 heteroatoms. The molecule has 0 saturated heterocycles. The SMILES string of the molecule is O=C1O[C@]2(CC[C@@H](C(=O)Nc3nn(-c4ccccc4F)cc3O)CC2)c2cnccc21. The predicted octanol–water partition coefficient (Wildman–Crippen LogP) is 3.31. The number of carbonyl (C=O) groups is 2. The van der Waals surface area contributed by atoms with Gasteiger partial charge in [0.1, 0.15) is 17.1 Å². The van der Waals surface area contributed by atoms with E-state index in [4.69, 9.17) is 4.74 Å². The molecule has 0 unspecified atom stereocenters. The van der Waals surface area contributed by atoms with Gasteiger partial charge in [-0.1, -0.05) is 12.1 Å². The van der Waals surface area contributed by atoms with Crippen LogP contribution < -0.4 is 5.32 Å². The largest absolute Gasteiger partial charge is 0.503 e. The standard InChI is InChI=1S/C22H19FN4O4/c23-16-3-1-2-4-17(16)27-12-18(28)19(26-27)25-20(29)13-5-8-22(9-6-13)15-11-24-10-7-14(15)21(30)31-22/h1-4,7,10-13,28H,5-6,8-9H2,(H,25,26,29)/t13-,22+. The summed E-state index contributed by atoms with van der Waals surface area (Å²) in [6.07, 6.45) is 6.48. The highest BCUT2D eigenvalue weighted by Gasteiger charge is 2.48. The second kappa shape index (κ2) is 7.19. The van der Waals surface area contributed by atoms with Crippen LogP contribution in [0.3, 0.4) is 0 Å². The van der Waals surface area contributed by atoms with Crippen molar-refractivity contribution in [3.63, 3.8) is 0 Å². The molecule has 2 aromatic heterocycles. The topological polar surface area (TPSA) is 106 Å². The molecule has 1 fully saturated rings. The molecule has 0 radical (unpaired) electrons. The van der Waals surface area contributed by atoms with Crippen LogP contribution in [0.4, 0.5) is 10.2 Å². The zero-order valence-corrected chi connectivity index (χ0v) is 16.4. The number of aromatic nitrogens is 3. The summed E-state index contributed by atoms with van der Waals surface area (Å²) in [6, 6.07) is 7.66. The Bertz CT molecular complexity index is 1180. The van der Waals surface area contributed by atoms with Gasteiger partial charge < -0.3 is 15.2 Å². The van der Waals surface area contributed by atoms with Crippen LogP contribution in [-0.2, 0) is 15.1 Å². The van der Waals surface area contributed by atoms with E-state index in [0.717, 1.165) is 5.56 Å². The number of pyridine rings is 1. The van der Waals surface area contributed by atoms with Gasteiger partial charge in [0.15, 0.2) is 11.6 Å². The molecule has 0 atom stereocenters. The molecular weight excluding hydrogens is 403 g/mol. The van der Waals surface area contributed by atoms with Gasteiger partial charge in [-0.05, 0) is 43.9 Å². The van der Waals surface area contributed by atoms with Crippen LogP contribution in [-0.4, -0.2) is 31.7 Å². The summed E-state index contributed by atoms with van der Waals surface area (Å²) in [5.74, 6) is -1.77. The number of fused-ring (bicyclic) bond motifs is 2. The summed E-state index contributed by atoms with van der Waals surface area (Å²) >= 11 is 0. The van der Waals surface area contributed by atoms with Crippen LogP contribution in [0.5, 0.6) is 5.75 Å².